The van der Waals surface area contributed by atoms with Crippen LogP contribution in [0.2, 0.25) is 5.02 Å². The van der Waals surface area contributed by atoms with Gasteiger partial charge < -0.3 is 19.9 Å². The fourth-order valence-corrected chi connectivity index (χ4v) is 4.23. The zero-order chi connectivity index (χ0) is 20.2. The summed E-state index contributed by atoms with van der Waals surface area (Å²) in [4.78, 5) is 33.0. The maximum Gasteiger partial charge on any atom is 0.269 e. The van der Waals surface area contributed by atoms with Crippen LogP contribution in [0, 0.1) is 11.8 Å². The van der Waals surface area contributed by atoms with Crippen LogP contribution in [-0.2, 0) is 9.53 Å². The highest BCUT2D eigenvalue weighted by atomic mass is 35.5. The van der Waals surface area contributed by atoms with Crippen LogP contribution < -0.4 is 5.32 Å². The minimum atomic E-state index is -0.267. The number of rotatable bonds is 7. The molecule has 1 aliphatic carbocycles. The Labute approximate surface area is 176 Å². The lowest BCUT2D eigenvalue weighted by Gasteiger charge is -2.38. The van der Waals surface area contributed by atoms with Gasteiger partial charge in [-0.25, -0.2) is 4.98 Å². The van der Waals surface area contributed by atoms with Gasteiger partial charge >= 0.3 is 0 Å². The number of ether oxygens (including phenoxy) is 1. The average Bonchev–Trinajstić information content (AvgIpc) is 3.54. The van der Waals surface area contributed by atoms with Crippen LogP contribution in [0.3, 0.4) is 0 Å². The third-order valence-corrected chi connectivity index (χ3v) is 6.29. The quantitative estimate of drug-likeness (QED) is 0.728. The zero-order valence-electron chi connectivity index (χ0n) is 16.7. The molecule has 158 valence electrons. The molecule has 1 saturated carbocycles. The van der Waals surface area contributed by atoms with Crippen LogP contribution in [0.5, 0.6) is 0 Å². The number of hydrogen-bond acceptors (Lipinski definition) is 5. The number of aromatic nitrogens is 1. The van der Waals surface area contributed by atoms with Crippen molar-refractivity contribution >= 4 is 23.4 Å². The van der Waals surface area contributed by atoms with Crippen LogP contribution in [0.15, 0.2) is 18.3 Å². The molecule has 1 unspecified atom stereocenters. The number of morpholine rings is 1. The molecule has 7 nitrogen and oxygen atoms in total. The fourth-order valence-electron chi connectivity index (χ4n) is 4.12. The van der Waals surface area contributed by atoms with E-state index in [-0.39, 0.29) is 24.5 Å². The van der Waals surface area contributed by atoms with Crippen molar-refractivity contribution in [2.75, 3.05) is 45.9 Å². The smallest absolute Gasteiger partial charge is 0.269 e. The molecule has 3 aliphatic rings. The molecule has 29 heavy (non-hydrogen) atoms. The van der Waals surface area contributed by atoms with E-state index in [1.165, 1.54) is 25.6 Å². The minimum absolute atomic E-state index is 0.0485. The molecule has 0 spiro atoms. The summed E-state index contributed by atoms with van der Waals surface area (Å²) in [6, 6.07) is 3.22. The SMILES string of the molecule is O=C(NCC1CN(CC2CCN(CC3CC3)CC2)C(=O)CO1)c1ccc(Cl)cn1. The van der Waals surface area contributed by atoms with Gasteiger partial charge in [-0.1, -0.05) is 11.6 Å². The zero-order valence-corrected chi connectivity index (χ0v) is 17.4. The van der Waals surface area contributed by atoms with Gasteiger partial charge in [0.15, 0.2) is 0 Å². The van der Waals surface area contributed by atoms with Gasteiger partial charge in [-0.05, 0) is 62.7 Å². The largest absolute Gasteiger partial charge is 0.365 e. The van der Waals surface area contributed by atoms with Gasteiger partial charge in [-0.15, -0.1) is 0 Å². The van der Waals surface area contributed by atoms with Crippen LogP contribution in [0.25, 0.3) is 0 Å². The molecule has 8 heteroatoms. The molecule has 2 aliphatic heterocycles. The molecule has 0 radical (unpaired) electrons. The van der Waals surface area contributed by atoms with Gasteiger partial charge in [-0.3, -0.25) is 9.59 Å². The van der Waals surface area contributed by atoms with Crippen LogP contribution >= 0.6 is 11.6 Å². The number of carbonyl (C=O) groups excluding carboxylic acids is 2. The Bertz CT molecular complexity index is 717. The molecule has 3 heterocycles. The lowest BCUT2D eigenvalue weighted by atomic mass is 9.95. The van der Waals surface area contributed by atoms with E-state index in [4.69, 9.17) is 16.3 Å². The lowest BCUT2D eigenvalue weighted by Crippen LogP contribution is -2.52. The summed E-state index contributed by atoms with van der Waals surface area (Å²) in [5.41, 5.74) is 0.316. The van der Waals surface area contributed by atoms with Crippen molar-refractivity contribution in [3.63, 3.8) is 0 Å². The van der Waals surface area contributed by atoms with E-state index in [1.807, 2.05) is 4.90 Å². The first-order valence-corrected chi connectivity index (χ1v) is 11.0. The molecule has 0 aromatic carbocycles. The summed E-state index contributed by atoms with van der Waals surface area (Å²) in [7, 11) is 0. The third-order valence-electron chi connectivity index (χ3n) is 6.07. The standard InChI is InChI=1S/C21H29ClN4O3/c22-17-3-4-19(23-9-17)21(28)24-10-18-13-26(20(27)14-29-18)12-16-5-7-25(8-6-16)11-15-1-2-15/h3-4,9,15-16,18H,1-2,5-8,10-14H2,(H,24,28). The van der Waals surface area contributed by atoms with Crippen molar-refractivity contribution in [1.82, 2.24) is 20.1 Å². The van der Waals surface area contributed by atoms with Gasteiger partial charge in [-0.2, -0.15) is 0 Å². The fraction of sp³-hybridized carbons (Fsp3) is 0.667. The summed E-state index contributed by atoms with van der Waals surface area (Å²) in [5.74, 6) is 1.27. The molecule has 1 aromatic heterocycles. The summed E-state index contributed by atoms with van der Waals surface area (Å²) in [6.45, 7) is 5.30. The highest BCUT2D eigenvalue weighted by Crippen LogP contribution is 2.31. The molecular formula is C21H29ClN4O3. The molecule has 1 atom stereocenters. The Morgan fingerprint density at radius 1 is 1.17 bits per heavy atom. The molecule has 1 N–H and O–H groups in total. The Balaban J connectivity index is 1.21. The summed E-state index contributed by atoms with van der Waals surface area (Å²) < 4.78 is 5.63. The van der Waals surface area contributed by atoms with Gasteiger partial charge in [0, 0.05) is 32.4 Å². The molecule has 0 bridgehead atoms. The van der Waals surface area contributed by atoms with Crippen molar-refractivity contribution in [3.05, 3.63) is 29.0 Å². The number of likely N-dealkylation sites (tertiary alicyclic amines) is 1. The minimum Gasteiger partial charge on any atom is -0.365 e. The van der Waals surface area contributed by atoms with Crippen LogP contribution in [-0.4, -0.2) is 78.6 Å². The lowest BCUT2D eigenvalue weighted by molar-refractivity contribution is -0.149. The number of pyridine rings is 1. The Hall–Kier alpha value is -1.70. The van der Waals surface area contributed by atoms with E-state index in [0.29, 0.717) is 29.7 Å². The number of hydrogen-bond donors (Lipinski definition) is 1. The average molecular weight is 421 g/mol. The maximum absolute atomic E-state index is 12.3. The summed E-state index contributed by atoms with van der Waals surface area (Å²) in [6.07, 6.45) is 6.35. The molecule has 3 fully saturated rings. The predicted molar refractivity (Wildman–Crippen MR) is 110 cm³/mol. The Morgan fingerprint density at radius 2 is 1.93 bits per heavy atom. The summed E-state index contributed by atoms with van der Waals surface area (Å²) in [5, 5.41) is 3.33. The number of amides is 2. The van der Waals surface area contributed by atoms with E-state index >= 15 is 0 Å². The first-order chi connectivity index (χ1) is 14.1. The van der Waals surface area contributed by atoms with E-state index in [1.54, 1.807) is 12.1 Å². The highest BCUT2D eigenvalue weighted by molar-refractivity contribution is 6.30. The second-order valence-electron chi connectivity index (χ2n) is 8.49. The first-order valence-electron chi connectivity index (χ1n) is 10.6. The molecule has 2 saturated heterocycles. The van der Waals surface area contributed by atoms with Crippen molar-refractivity contribution in [1.29, 1.82) is 0 Å². The van der Waals surface area contributed by atoms with E-state index in [0.717, 1.165) is 38.4 Å². The number of halogens is 1. The van der Waals surface area contributed by atoms with Crippen LogP contribution in [0.1, 0.15) is 36.2 Å². The topological polar surface area (TPSA) is 74.8 Å². The summed E-state index contributed by atoms with van der Waals surface area (Å²) >= 11 is 5.80. The van der Waals surface area contributed by atoms with Crippen LogP contribution in [0.4, 0.5) is 0 Å². The normalized spacial score (nSPS) is 24.0. The number of nitrogens with zero attached hydrogens (tertiary/aromatic N) is 3. The van der Waals surface area contributed by atoms with E-state index in [2.05, 4.69) is 15.2 Å². The maximum atomic E-state index is 12.3. The Morgan fingerprint density at radius 3 is 2.62 bits per heavy atom. The second-order valence-corrected chi connectivity index (χ2v) is 8.93. The van der Waals surface area contributed by atoms with Crippen molar-refractivity contribution < 1.29 is 14.3 Å². The van der Waals surface area contributed by atoms with Crippen molar-refractivity contribution in [2.24, 2.45) is 11.8 Å². The molecule has 4 rings (SSSR count). The Kier molecular flexibility index (Phi) is 6.67. The van der Waals surface area contributed by atoms with Crippen molar-refractivity contribution in [3.8, 4) is 0 Å². The van der Waals surface area contributed by atoms with Crippen molar-refractivity contribution in [2.45, 2.75) is 31.8 Å². The predicted octanol–water partition coefficient (Wildman–Crippen LogP) is 1.81. The van der Waals surface area contributed by atoms with Gasteiger partial charge in [0.25, 0.3) is 5.91 Å². The van der Waals surface area contributed by atoms with E-state index < -0.39 is 0 Å². The van der Waals surface area contributed by atoms with Gasteiger partial charge in [0.1, 0.15) is 12.3 Å². The molecule has 2 amide bonds. The second kappa shape index (κ2) is 9.41. The van der Waals surface area contributed by atoms with Gasteiger partial charge in [0.05, 0.1) is 11.1 Å². The molecular weight excluding hydrogens is 392 g/mol. The first kappa shape index (κ1) is 20.6. The third kappa shape index (κ3) is 5.90. The van der Waals surface area contributed by atoms with E-state index in [9.17, 15) is 9.59 Å². The monoisotopic (exact) mass is 420 g/mol. The van der Waals surface area contributed by atoms with Gasteiger partial charge in [0.2, 0.25) is 5.91 Å². The molecule has 1 aromatic rings. The highest BCUT2D eigenvalue weighted by Gasteiger charge is 2.31. The number of nitrogens with one attached hydrogen (secondary N) is 1. The number of piperidine rings is 1. The number of carbonyl (C=O) groups is 2.